The number of hydrogen-bond donors (Lipinski definition) is 1. The van der Waals surface area contributed by atoms with Gasteiger partial charge in [0.2, 0.25) is 10.0 Å². The zero-order valence-corrected chi connectivity index (χ0v) is 17.5. The maximum atomic E-state index is 12.5. The number of amides is 1. The van der Waals surface area contributed by atoms with Crippen LogP contribution < -0.4 is 4.72 Å². The molecule has 0 saturated carbocycles. The molecule has 1 amide bonds. The van der Waals surface area contributed by atoms with Gasteiger partial charge in [-0.2, -0.15) is 0 Å². The van der Waals surface area contributed by atoms with Gasteiger partial charge in [0.05, 0.1) is 17.7 Å². The summed E-state index contributed by atoms with van der Waals surface area (Å²) in [6.45, 7) is 0.510. The lowest BCUT2D eigenvalue weighted by molar-refractivity contribution is 0.0775. The standard InChI is InChI=1S/C20H19BrN2O4S/c1-23(14-18-3-2-12-27-18)20(24)16-6-4-15(5-7-16)13-22-28(25,26)19-10-8-17(21)9-11-19/h2-12,22H,13-14H2,1H3. The molecule has 0 unspecified atom stereocenters. The second kappa shape index (κ2) is 8.72. The number of furan rings is 1. The summed E-state index contributed by atoms with van der Waals surface area (Å²) < 4.78 is 33.3. The van der Waals surface area contributed by atoms with Crippen LogP contribution in [0.15, 0.2) is 80.7 Å². The topological polar surface area (TPSA) is 79.6 Å². The molecule has 0 bridgehead atoms. The number of halogens is 1. The van der Waals surface area contributed by atoms with Gasteiger partial charge in [0.25, 0.3) is 5.91 Å². The Hall–Kier alpha value is -2.42. The van der Waals surface area contributed by atoms with Crippen LogP contribution in [0.4, 0.5) is 0 Å². The van der Waals surface area contributed by atoms with Gasteiger partial charge in [0, 0.05) is 23.6 Å². The third-order valence-electron chi connectivity index (χ3n) is 4.11. The van der Waals surface area contributed by atoms with Crippen molar-refractivity contribution in [2.24, 2.45) is 0 Å². The van der Waals surface area contributed by atoms with Crippen molar-refractivity contribution in [3.8, 4) is 0 Å². The lowest BCUT2D eigenvalue weighted by atomic mass is 10.1. The molecule has 6 nitrogen and oxygen atoms in total. The summed E-state index contributed by atoms with van der Waals surface area (Å²) in [6, 6.07) is 16.8. The molecule has 3 aromatic rings. The number of benzene rings is 2. The molecule has 0 spiro atoms. The number of carbonyl (C=O) groups is 1. The molecule has 2 aromatic carbocycles. The molecule has 0 radical (unpaired) electrons. The van der Waals surface area contributed by atoms with E-state index in [9.17, 15) is 13.2 Å². The van der Waals surface area contributed by atoms with E-state index in [1.165, 1.54) is 12.1 Å². The number of rotatable bonds is 7. The van der Waals surface area contributed by atoms with E-state index in [0.717, 1.165) is 10.0 Å². The van der Waals surface area contributed by atoms with Gasteiger partial charge in [0.1, 0.15) is 5.76 Å². The van der Waals surface area contributed by atoms with Gasteiger partial charge >= 0.3 is 0 Å². The molecule has 1 heterocycles. The highest BCUT2D eigenvalue weighted by Crippen LogP contribution is 2.15. The van der Waals surface area contributed by atoms with E-state index >= 15 is 0 Å². The van der Waals surface area contributed by atoms with Crippen molar-refractivity contribution in [2.75, 3.05) is 7.05 Å². The molecule has 0 atom stereocenters. The van der Waals surface area contributed by atoms with Crippen molar-refractivity contribution < 1.29 is 17.6 Å². The van der Waals surface area contributed by atoms with Crippen LogP contribution in [-0.4, -0.2) is 26.3 Å². The third kappa shape index (κ3) is 5.09. The van der Waals surface area contributed by atoms with E-state index in [1.807, 2.05) is 6.07 Å². The zero-order chi connectivity index (χ0) is 20.1. The Balaban J connectivity index is 1.61. The number of nitrogens with zero attached hydrogens (tertiary/aromatic N) is 1. The molecule has 0 fully saturated rings. The highest BCUT2D eigenvalue weighted by atomic mass is 79.9. The molecule has 1 aromatic heterocycles. The van der Waals surface area contributed by atoms with Crippen LogP contribution in [0.3, 0.4) is 0 Å². The first-order valence-electron chi connectivity index (χ1n) is 8.47. The number of sulfonamides is 1. The second-order valence-corrected chi connectivity index (χ2v) is 8.90. The number of hydrogen-bond acceptors (Lipinski definition) is 4. The van der Waals surface area contributed by atoms with E-state index < -0.39 is 10.0 Å². The predicted octanol–water partition coefficient (Wildman–Crippen LogP) is 3.79. The summed E-state index contributed by atoms with van der Waals surface area (Å²) in [6.07, 6.45) is 1.57. The van der Waals surface area contributed by atoms with Crippen LogP contribution in [0.25, 0.3) is 0 Å². The molecular formula is C20H19BrN2O4S. The first kappa shape index (κ1) is 20.3. The van der Waals surface area contributed by atoms with Crippen LogP contribution in [0.5, 0.6) is 0 Å². The summed E-state index contributed by atoms with van der Waals surface area (Å²) in [5.74, 6) is 0.563. The first-order chi connectivity index (χ1) is 13.3. The Kier molecular flexibility index (Phi) is 6.33. The van der Waals surface area contributed by atoms with Crippen LogP contribution in [0.1, 0.15) is 21.7 Å². The van der Waals surface area contributed by atoms with Crippen molar-refractivity contribution in [1.29, 1.82) is 0 Å². The molecule has 0 aliphatic rings. The van der Waals surface area contributed by atoms with Crippen molar-refractivity contribution >= 4 is 31.9 Å². The summed E-state index contributed by atoms with van der Waals surface area (Å²) >= 11 is 3.28. The fourth-order valence-corrected chi connectivity index (χ4v) is 3.85. The molecule has 1 N–H and O–H groups in total. The van der Waals surface area contributed by atoms with Gasteiger partial charge in [-0.3, -0.25) is 4.79 Å². The van der Waals surface area contributed by atoms with Crippen molar-refractivity contribution in [2.45, 2.75) is 18.0 Å². The number of nitrogens with one attached hydrogen (secondary N) is 1. The molecule has 28 heavy (non-hydrogen) atoms. The number of carbonyl (C=O) groups excluding carboxylic acids is 1. The SMILES string of the molecule is CN(Cc1ccco1)C(=O)c1ccc(CNS(=O)(=O)c2ccc(Br)cc2)cc1. The summed E-state index contributed by atoms with van der Waals surface area (Å²) in [4.78, 5) is 14.2. The maximum Gasteiger partial charge on any atom is 0.254 e. The second-order valence-electron chi connectivity index (χ2n) is 6.22. The van der Waals surface area contributed by atoms with Gasteiger partial charge in [-0.25, -0.2) is 13.1 Å². The van der Waals surface area contributed by atoms with E-state index in [1.54, 1.807) is 60.7 Å². The average molecular weight is 463 g/mol. The minimum Gasteiger partial charge on any atom is -0.467 e. The zero-order valence-electron chi connectivity index (χ0n) is 15.1. The molecule has 8 heteroatoms. The summed E-state index contributed by atoms with van der Waals surface area (Å²) in [7, 11) is -1.90. The van der Waals surface area contributed by atoms with Gasteiger partial charge in [-0.05, 0) is 54.1 Å². The highest BCUT2D eigenvalue weighted by molar-refractivity contribution is 9.10. The Morgan fingerprint density at radius 1 is 1.07 bits per heavy atom. The minimum absolute atomic E-state index is 0.134. The van der Waals surface area contributed by atoms with E-state index in [-0.39, 0.29) is 17.3 Å². The minimum atomic E-state index is -3.60. The fourth-order valence-electron chi connectivity index (χ4n) is 2.57. The van der Waals surface area contributed by atoms with Crippen LogP contribution in [0.2, 0.25) is 0 Å². The fraction of sp³-hybridized carbons (Fsp3) is 0.150. The smallest absolute Gasteiger partial charge is 0.254 e. The molecular weight excluding hydrogens is 444 g/mol. The van der Waals surface area contributed by atoms with E-state index in [4.69, 9.17) is 4.42 Å². The van der Waals surface area contributed by atoms with Gasteiger partial charge in [-0.1, -0.05) is 28.1 Å². The molecule has 3 rings (SSSR count). The lowest BCUT2D eigenvalue weighted by Gasteiger charge is -2.16. The Labute approximate surface area is 172 Å². The van der Waals surface area contributed by atoms with Crippen molar-refractivity contribution in [3.63, 3.8) is 0 Å². The van der Waals surface area contributed by atoms with E-state index in [2.05, 4.69) is 20.7 Å². The summed E-state index contributed by atoms with van der Waals surface area (Å²) in [5.41, 5.74) is 1.28. The molecule has 146 valence electrons. The van der Waals surface area contributed by atoms with Crippen molar-refractivity contribution in [3.05, 3.63) is 88.3 Å². The predicted molar refractivity (Wildman–Crippen MR) is 109 cm³/mol. The van der Waals surface area contributed by atoms with E-state index in [0.29, 0.717) is 17.9 Å². The average Bonchev–Trinajstić information content (AvgIpc) is 3.19. The van der Waals surface area contributed by atoms with Gasteiger partial charge in [0.15, 0.2) is 0 Å². The highest BCUT2D eigenvalue weighted by Gasteiger charge is 2.15. The largest absolute Gasteiger partial charge is 0.467 e. The molecule has 0 aliphatic heterocycles. The van der Waals surface area contributed by atoms with Crippen LogP contribution >= 0.6 is 15.9 Å². The quantitative estimate of drug-likeness (QED) is 0.578. The van der Waals surface area contributed by atoms with Crippen LogP contribution in [0, 0.1) is 0 Å². The third-order valence-corrected chi connectivity index (χ3v) is 6.06. The van der Waals surface area contributed by atoms with Crippen molar-refractivity contribution in [1.82, 2.24) is 9.62 Å². The first-order valence-corrected chi connectivity index (χ1v) is 10.7. The lowest BCUT2D eigenvalue weighted by Crippen LogP contribution is -2.26. The van der Waals surface area contributed by atoms with Crippen LogP contribution in [-0.2, 0) is 23.1 Å². The van der Waals surface area contributed by atoms with Gasteiger partial charge < -0.3 is 9.32 Å². The molecule has 0 saturated heterocycles. The normalized spacial score (nSPS) is 11.4. The summed E-state index contributed by atoms with van der Waals surface area (Å²) in [5, 5.41) is 0. The molecule has 0 aliphatic carbocycles. The Morgan fingerprint density at radius 2 is 1.75 bits per heavy atom. The Bertz CT molecular complexity index is 1030. The van der Waals surface area contributed by atoms with Gasteiger partial charge in [-0.15, -0.1) is 0 Å². The maximum absolute atomic E-state index is 12.5. The monoisotopic (exact) mass is 462 g/mol. The Morgan fingerprint density at radius 3 is 2.36 bits per heavy atom.